The van der Waals surface area contributed by atoms with Crippen molar-refractivity contribution in [3.05, 3.63) is 59.0 Å². The highest BCUT2D eigenvalue weighted by molar-refractivity contribution is 6.10. The van der Waals surface area contributed by atoms with E-state index < -0.39 is 23.8 Å². The summed E-state index contributed by atoms with van der Waals surface area (Å²) in [6, 6.07) is 6.05. The number of benzene rings is 1. The van der Waals surface area contributed by atoms with Gasteiger partial charge in [0.2, 0.25) is 0 Å². The number of carbonyl (C=O) groups excluding carboxylic acids is 1. The number of halogens is 4. The van der Waals surface area contributed by atoms with Crippen LogP contribution in [0, 0.1) is 0 Å². The van der Waals surface area contributed by atoms with E-state index in [1.165, 1.54) is 11.0 Å². The fraction of sp³-hybridized carbons (Fsp3) is 0.393. The lowest BCUT2D eigenvalue weighted by molar-refractivity contribution is -0.138. The van der Waals surface area contributed by atoms with E-state index in [1.54, 1.807) is 52.9 Å². The van der Waals surface area contributed by atoms with Gasteiger partial charge in [-0.15, -0.1) is 10.2 Å². The Hall–Kier alpha value is -4.33. The van der Waals surface area contributed by atoms with Gasteiger partial charge < -0.3 is 9.88 Å². The third-order valence-electron chi connectivity index (χ3n) is 7.64. The zero-order chi connectivity index (χ0) is 29.8. The monoisotopic (exact) mass is 583 g/mol. The second-order valence-corrected chi connectivity index (χ2v) is 10.6. The summed E-state index contributed by atoms with van der Waals surface area (Å²) in [6.45, 7) is 2.88. The van der Waals surface area contributed by atoms with Crippen molar-refractivity contribution in [1.82, 2.24) is 34.4 Å². The van der Waals surface area contributed by atoms with Crippen LogP contribution in [0.15, 0.2) is 36.8 Å². The maximum atomic E-state index is 14.3. The molecule has 1 fully saturated rings. The number of hydrogen-bond donors (Lipinski definition) is 1. The lowest BCUT2D eigenvalue weighted by Gasteiger charge is -2.19. The Kier molecular flexibility index (Phi) is 6.95. The maximum absolute atomic E-state index is 14.3. The zero-order valence-corrected chi connectivity index (χ0v) is 23.3. The molecular formula is C28H29F4N9O. The number of pyridine rings is 1. The van der Waals surface area contributed by atoms with E-state index in [1.807, 2.05) is 6.92 Å². The topological polar surface area (TPSA) is 97.0 Å². The summed E-state index contributed by atoms with van der Waals surface area (Å²) >= 11 is 0. The number of rotatable bonds is 7. The Morgan fingerprint density at radius 3 is 2.60 bits per heavy atom. The summed E-state index contributed by atoms with van der Waals surface area (Å²) in [7, 11) is 3.57. The summed E-state index contributed by atoms with van der Waals surface area (Å²) in [5, 5.41) is 15.7. The van der Waals surface area contributed by atoms with Crippen molar-refractivity contribution >= 4 is 17.5 Å². The van der Waals surface area contributed by atoms with Gasteiger partial charge in [0, 0.05) is 51.4 Å². The molecule has 1 saturated heterocycles. The van der Waals surface area contributed by atoms with Gasteiger partial charge in [-0.05, 0) is 48.7 Å². The Morgan fingerprint density at radius 1 is 1.12 bits per heavy atom. The first-order chi connectivity index (χ1) is 20.0. The normalized spacial score (nSPS) is 17.4. The number of aryl methyl sites for hydroxylation is 2. The molecule has 6 rings (SSSR count). The van der Waals surface area contributed by atoms with Crippen molar-refractivity contribution in [3.8, 4) is 22.6 Å². The first-order valence-corrected chi connectivity index (χ1v) is 13.6. The molecule has 0 aliphatic carbocycles. The number of nitrogens with one attached hydrogen (secondary N) is 1. The van der Waals surface area contributed by atoms with Gasteiger partial charge in [-0.1, -0.05) is 0 Å². The van der Waals surface area contributed by atoms with Gasteiger partial charge in [0.05, 0.1) is 29.6 Å². The minimum Gasteiger partial charge on any atom is -0.370 e. The minimum absolute atomic E-state index is 0.0201. The molecule has 0 spiro atoms. The van der Waals surface area contributed by atoms with Crippen molar-refractivity contribution in [3.63, 3.8) is 0 Å². The lowest BCUT2D eigenvalue weighted by Crippen LogP contribution is -2.24. The average molecular weight is 584 g/mol. The molecule has 1 atom stereocenters. The molecule has 0 radical (unpaired) electrons. The van der Waals surface area contributed by atoms with Crippen molar-refractivity contribution in [1.29, 1.82) is 0 Å². The van der Waals surface area contributed by atoms with Gasteiger partial charge in [0.15, 0.2) is 5.82 Å². The summed E-state index contributed by atoms with van der Waals surface area (Å²) in [5.41, 5.74) is 1.35. The van der Waals surface area contributed by atoms with E-state index in [2.05, 4.69) is 25.6 Å². The smallest absolute Gasteiger partial charge is 0.370 e. The van der Waals surface area contributed by atoms with E-state index in [9.17, 15) is 22.4 Å². The molecule has 1 N–H and O–H groups in total. The highest BCUT2D eigenvalue weighted by Gasteiger charge is 2.41. The van der Waals surface area contributed by atoms with Crippen LogP contribution in [-0.2, 0) is 33.4 Å². The summed E-state index contributed by atoms with van der Waals surface area (Å²) in [5.74, 6) is 0.646. The molecule has 3 aromatic heterocycles. The Balaban J connectivity index is 1.42. The van der Waals surface area contributed by atoms with E-state index in [4.69, 9.17) is 0 Å². The summed E-state index contributed by atoms with van der Waals surface area (Å²) < 4.78 is 60.0. The van der Waals surface area contributed by atoms with Crippen LogP contribution in [0.5, 0.6) is 0 Å². The molecule has 14 heteroatoms. The van der Waals surface area contributed by atoms with E-state index in [0.717, 1.165) is 6.07 Å². The number of likely N-dealkylation sites (tertiary alicyclic amines) is 1. The van der Waals surface area contributed by atoms with Crippen LogP contribution >= 0.6 is 0 Å². The Bertz CT molecular complexity index is 1660. The number of hydrogen-bond acceptors (Lipinski definition) is 7. The predicted molar refractivity (Wildman–Crippen MR) is 147 cm³/mol. The quantitative estimate of drug-likeness (QED) is 0.322. The number of alkyl halides is 4. The van der Waals surface area contributed by atoms with Crippen LogP contribution in [0.4, 0.5) is 29.2 Å². The van der Waals surface area contributed by atoms with Gasteiger partial charge >= 0.3 is 6.18 Å². The molecule has 10 nitrogen and oxygen atoms in total. The van der Waals surface area contributed by atoms with Crippen molar-refractivity contribution in [2.45, 2.75) is 38.8 Å². The molecule has 42 heavy (non-hydrogen) atoms. The largest absolute Gasteiger partial charge is 0.416 e. The van der Waals surface area contributed by atoms with Gasteiger partial charge in [-0.3, -0.25) is 19.3 Å². The zero-order valence-electron chi connectivity index (χ0n) is 23.3. The van der Waals surface area contributed by atoms with Gasteiger partial charge in [0.1, 0.15) is 24.1 Å². The van der Waals surface area contributed by atoms with Crippen molar-refractivity contribution in [2.75, 3.05) is 29.9 Å². The molecule has 0 saturated carbocycles. The van der Waals surface area contributed by atoms with Gasteiger partial charge in [0.25, 0.3) is 5.91 Å². The second kappa shape index (κ2) is 10.5. The van der Waals surface area contributed by atoms with Crippen LogP contribution < -0.4 is 10.2 Å². The third kappa shape index (κ3) is 4.99. The fourth-order valence-corrected chi connectivity index (χ4v) is 5.72. The first kappa shape index (κ1) is 27.8. The maximum Gasteiger partial charge on any atom is 0.416 e. The first-order valence-electron chi connectivity index (χ1n) is 13.6. The number of amides is 1. The number of carbonyl (C=O) groups is 1. The Labute approximate surface area is 239 Å². The molecule has 2 aliphatic heterocycles. The number of anilines is 2. The van der Waals surface area contributed by atoms with Gasteiger partial charge in [-0.2, -0.15) is 18.3 Å². The molecule has 5 heterocycles. The minimum atomic E-state index is -4.67. The fourth-order valence-electron chi connectivity index (χ4n) is 5.72. The molecule has 1 aromatic carbocycles. The van der Waals surface area contributed by atoms with E-state index >= 15 is 0 Å². The molecule has 2 aliphatic rings. The molecule has 220 valence electrons. The van der Waals surface area contributed by atoms with E-state index in [0.29, 0.717) is 53.5 Å². The molecule has 1 amide bonds. The Morgan fingerprint density at radius 2 is 1.93 bits per heavy atom. The second-order valence-electron chi connectivity index (χ2n) is 10.6. The summed E-state index contributed by atoms with van der Waals surface area (Å²) in [6.07, 6.45) is -2.11. The third-order valence-corrected chi connectivity index (χ3v) is 7.64. The average Bonchev–Trinajstić information content (AvgIpc) is 3.71. The van der Waals surface area contributed by atoms with Crippen LogP contribution in [0.25, 0.3) is 22.6 Å². The standard InChI is InChI=1S/C28H29F4N9O/c1-4-33-23-9-17(25-20(11-35-39(25)3)26-37-34-15-38(26)2)10-24(36-23)41-14-21-19(27(41)42)7-16(8-22(21)28(30,31)32)12-40-6-5-18(29)13-40/h7-11,15,18H,4-6,12-14H2,1-3H3,(H,33,36). The van der Waals surface area contributed by atoms with Crippen LogP contribution in [0.1, 0.15) is 40.4 Å². The molecular weight excluding hydrogens is 554 g/mol. The van der Waals surface area contributed by atoms with Crippen LogP contribution in [0.2, 0.25) is 0 Å². The SMILES string of the molecule is CCNc1cc(-c2c(-c3nncn3C)cnn2C)cc(N2Cc3c(cc(CN4CCC(F)C4)cc3C(F)(F)F)C2=O)n1. The molecule has 1 unspecified atom stereocenters. The predicted octanol–water partition coefficient (Wildman–Crippen LogP) is 4.43. The number of nitrogens with zero attached hydrogens (tertiary/aromatic N) is 8. The highest BCUT2D eigenvalue weighted by atomic mass is 19.4. The van der Waals surface area contributed by atoms with Gasteiger partial charge in [-0.25, -0.2) is 9.37 Å². The molecule has 0 bridgehead atoms. The van der Waals surface area contributed by atoms with Crippen LogP contribution in [0.3, 0.4) is 0 Å². The number of fused-ring (bicyclic) bond motifs is 1. The van der Waals surface area contributed by atoms with Crippen molar-refractivity contribution in [2.24, 2.45) is 14.1 Å². The highest BCUT2D eigenvalue weighted by Crippen LogP contribution is 2.41. The van der Waals surface area contributed by atoms with E-state index in [-0.39, 0.29) is 36.6 Å². The summed E-state index contributed by atoms with van der Waals surface area (Å²) in [4.78, 5) is 21.4. The number of aromatic nitrogens is 6. The van der Waals surface area contributed by atoms with Crippen molar-refractivity contribution < 1.29 is 22.4 Å². The van der Waals surface area contributed by atoms with Crippen LogP contribution in [-0.4, -0.2) is 66.1 Å². The lowest BCUT2D eigenvalue weighted by atomic mass is 9.98. The molecule has 4 aromatic rings.